The van der Waals surface area contributed by atoms with E-state index in [1.54, 1.807) is 34.9 Å². The van der Waals surface area contributed by atoms with Crippen molar-refractivity contribution in [3.63, 3.8) is 0 Å². The lowest BCUT2D eigenvalue weighted by Gasteiger charge is -2.20. The Kier molecular flexibility index (Phi) is 19.5. The molecule has 0 rings (SSSR count). The molecule has 0 heterocycles. The van der Waals surface area contributed by atoms with Crippen LogP contribution in [0.1, 0.15) is 34.6 Å². The highest BCUT2D eigenvalue weighted by molar-refractivity contribution is 5.45. The smallest absolute Gasteiger partial charge is 0.209 e. The van der Waals surface area contributed by atoms with Gasteiger partial charge in [-0.3, -0.25) is 9.69 Å². The Morgan fingerprint density at radius 1 is 1.06 bits per heavy atom. The molecule has 5 heteroatoms. The van der Waals surface area contributed by atoms with Crippen LogP contribution in [0.4, 0.5) is 0 Å². The highest BCUT2D eigenvalue weighted by Gasteiger charge is 2.02. The normalized spacial score (nSPS) is 11.0. The SMILES string of the molecule is CC(C)O.CCN(CC)C(C)O.CN(C)C=O. The van der Waals surface area contributed by atoms with Gasteiger partial charge < -0.3 is 15.1 Å². The van der Waals surface area contributed by atoms with E-state index in [1.807, 2.05) is 18.7 Å². The number of aliphatic hydroxyl groups excluding tert-OH is 2. The molecular weight excluding hydrogens is 220 g/mol. The summed E-state index contributed by atoms with van der Waals surface area (Å²) in [5.74, 6) is 0. The summed E-state index contributed by atoms with van der Waals surface area (Å²) >= 11 is 0. The fraction of sp³-hybridized carbons (Fsp3) is 0.917. The van der Waals surface area contributed by atoms with Gasteiger partial charge in [-0.2, -0.15) is 0 Å². The van der Waals surface area contributed by atoms with Crippen molar-refractivity contribution in [2.24, 2.45) is 0 Å². The van der Waals surface area contributed by atoms with Crippen LogP contribution in [0.5, 0.6) is 0 Å². The lowest BCUT2D eigenvalue weighted by Crippen LogP contribution is -2.32. The maximum absolute atomic E-state index is 9.43. The molecule has 2 N–H and O–H groups in total. The van der Waals surface area contributed by atoms with Crippen molar-refractivity contribution in [3.05, 3.63) is 0 Å². The minimum atomic E-state index is -0.287. The molecule has 0 bridgehead atoms. The molecule has 1 unspecified atom stereocenters. The largest absolute Gasteiger partial charge is 0.394 e. The third-order valence-corrected chi connectivity index (χ3v) is 1.55. The predicted octanol–water partition coefficient (Wildman–Crippen LogP) is 0.758. The fourth-order valence-corrected chi connectivity index (χ4v) is 0.752. The summed E-state index contributed by atoms with van der Waals surface area (Å²) in [5.41, 5.74) is 0. The van der Waals surface area contributed by atoms with Gasteiger partial charge in [0.1, 0.15) is 6.23 Å². The van der Waals surface area contributed by atoms with E-state index in [2.05, 4.69) is 0 Å². The second-order valence-electron chi connectivity index (χ2n) is 4.02. The van der Waals surface area contributed by atoms with Gasteiger partial charge >= 0.3 is 0 Å². The Balaban J connectivity index is -0.000000188. The number of carbonyl (C=O) groups excluding carboxylic acids is 1. The topological polar surface area (TPSA) is 64.0 Å². The average Bonchev–Trinajstić information content (AvgIpc) is 2.19. The summed E-state index contributed by atoms with van der Waals surface area (Å²) in [5, 5.41) is 17.0. The van der Waals surface area contributed by atoms with Crippen LogP contribution in [0.25, 0.3) is 0 Å². The summed E-state index contributed by atoms with van der Waals surface area (Å²) in [6.45, 7) is 11.2. The molecule has 106 valence electrons. The molecule has 5 nitrogen and oxygen atoms in total. The second-order valence-corrected chi connectivity index (χ2v) is 4.02. The van der Waals surface area contributed by atoms with Crippen LogP contribution < -0.4 is 0 Å². The van der Waals surface area contributed by atoms with Gasteiger partial charge in [-0.1, -0.05) is 13.8 Å². The Hall–Kier alpha value is -0.650. The summed E-state index contributed by atoms with van der Waals surface area (Å²) < 4.78 is 0. The molecule has 0 saturated carbocycles. The molecule has 17 heavy (non-hydrogen) atoms. The Labute approximate surface area is 106 Å². The van der Waals surface area contributed by atoms with Crippen LogP contribution in [0, 0.1) is 0 Å². The lowest BCUT2D eigenvalue weighted by molar-refractivity contribution is -0.115. The van der Waals surface area contributed by atoms with Crippen molar-refractivity contribution in [1.29, 1.82) is 0 Å². The van der Waals surface area contributed by atoms with Crippen LogP contribution in [0.15, 0.2) is 0 Å². The van der Waals surface area contributed by atoms with Crippen molar-refractivity contribution in [2.45, 2.75) is 47.0 Å². The van der Waals surface area contributed by atoms with Gasteiger partial charge in [-0.05, 0) is 33.9 Å². The standard InChI is InChI=1S/C6H15NO.C3H7NO.C3H8O/c1-4-7(5-2)6(3)8;1-4(2)3-5;1-3(2)4/h6,8H,4-5H2,1-3H3;3H,1-2H3;3-4H,1-2H3. The first-order chi connectivity index (χ1) is 7.72. The van der Waals surface area contributed by atoms with Gasteiger partial charge in [0.05, 0.1) is 0 Å². The Bertz CT molecular complexity index is 144. The summed E-state index contributed by atoms with van der Waals surface area (Å²) in [6.07, 6.45) is 0.296. The molecule has 0 radical (unpaired) electrons. The van der Waals surface area contributed by atoms with Gasteiger partial charge in [0.15, 0.2) is 0 Å². The molecule has 0 aromatic rings. The zero-order valence-electron chi connectivity index (χ0n) is 12.3. The molecule has 0 fully saturated rings. The van der Waals surface area contributed by atoms with Crippen LogP contribution in [-0.4, -0.2) is 65.9 Å². The Morgan fingerprint density at radius 3 is 1.29 bits per heavy atom. The van der Waals surface area contributed by atoms with E-state index in [-0.39, 0.29) is 12.3 Å². The minimum Gasteiger partial charge on any atom is -0.394 e. The molecule has 1 atom stereocenters. The van der Waals surface area contributed by atoms with Crippen LogP contribution in [0.3, 0.4) is 0 Å². The van der Waals surface area contributed by atoms with Crippen LogP contribution in [-0.2, 0) is 4.79 Å². The van der Waals surface area contributed by atoms with Gasteiger partial charge in [0, 0.05) is 20.2 Å². The summed E-state index contributed by atoms with van der Waals surface area (Å²) in [4.78, 5) is 12.8. The summed E-state index contributed by atoms with van der Waals surface area (Å²) in [6, 6.07) is 0. The van der Waals surface area contributed by atoms with E-state index in [0.29, 0.717) is 0 Å². The molecule has 0 aliphatic heterocycles. The predicted molar refractivity (Wildman–Crippen MR) is 71.7 cm³/mol. The maximum Gasteiger partial charge on any atom is 0.209 e. The van der Waals surface area contributed by atoms with Gasteiger partial charge in [0.2, 0.25) is 6.41 Å². The maximum atomic E-state index is 9.43. The quantitative estimate of drug-likeness (QED) is 0.571. The van der Waals surface area contributed by atoms with Crippen molar-refractivity contribution < 1.29 is 15.0 Å². The highest BCUT2D eigenvalue weighted by Crippen LogP contribution is 1.91. The van der Waals surface area contributed by atoms with E-state index >= 15 is 0 Å². The molecule has 0 aromatic heterocycles. The number of nitrogens with zero attached hydrogens (tertiary/aromatic N) is 2. The first-order valence-corrected chi connectivity index (χ1v) is 5.94. The van der Waals surface area contributed by atoms with Crippen molar-refractivity contribution in [1.82, 2.24) is 9.80 Å². The number of rotatable bonds is 4. The molecule has 0 aliphatic rings. The number of hydrogen-bond acceptors (Lipinski definition) is 4. The minimum absolute atomic E-state index is 0.167. The molecule has 0 saturated heterocycles. The molecule has 1 amide bonds. The fourth-order valence-electron chi connectivity index (χ4n) is 0.752. The molecule has 0 aliphatic carbocycles. The van der Waals surface area contributed by atoms with Crippen molar-refractivity contribution in [2.75, 3.05) is 27.2 Å². The van der Waals surface area contributed by atoms with Gasteiger partial charge in [-0.25, -0.2) is 0 Å². The van der Waals surface area contributed by atoms with E-state index in [9.17, 15) is 4.79 Å². The first-order valence-electron chi connectivity index (χ1n) is 5.94. The Morgan fingerprint density at radius 2 is 1.29 bits per heavy atom. The third kappa shape index (κ3) is 31.3. The number of aliphatic hydroxyl groups is 2. The van der Waals surface area contributed by atoms with Crippen LogP contribution in [0.2, 0.25) is 0 Å². The zero-order valence-corrected chi connectivity index (χ0v) is 12.3. The van der Waals surface area contributed by atoms with Gasteiger partial charge in [-0.15, -0.1) is 0 Å². The second kappa shape index (κ2) is 15.4. The van der Waals surface area contributed by atoms with Crippen LogP contribution >= 0.6 is 0 Å². The summed E-state index contributed by atoms with van der Waals surface area (Å²) in [7, 11) is 3.38. The van der Waals surface area contributed by atoms with Gasteiger partial charge in [0.25, 0.3) is 0 Å². The van der Waals surface area contributed by atoms with Crippen molar-refractivity contribution >= 4 is 6.41 Å². The van der Waals surface area contributed by atoms with E-state index in [4.69, 9.17) is 10.2 Å². The molecule has 0 aromatic carbocycles. The number of amides is 1. The van der Waals surface area contributed by atoms with E-state index < -0.39 is 0 Å². The monoisotopic (exact) mass is 250 g/mol. The highest BCUT2D eigenvalue weighted by atomic mass is 16.3. The lowest BCUT2D eigenvalue weighted by atomic mass is 10.5. The van der Waals surface area contributed by atoms with E-state index in [0.717, 1.165) is 19.5 Å². The third-order valence-electron chi connectivity index (χ3n) is 1.55. The average molecular weight is 250 g/mol. The van der Waals surface area contributed by atoms with E-state index in [1.165, 1.54) is 4.90 Å². The first kappa shape index (κ1) is 21.6. The molecular formula is C12H30N2O3. The van der Waals surface area contributed by atoms with Crippen molar-refractivity contribution in [3.8, 4) is 0 Å². The number of hydrogen-bond donors (Lipinski definition) is 2. The zero-order chi connectivity index (χ0) is 14.4. The molecule has 0 spiro atoms. The number of carbonyl (C=O) groups is 1.